The number of halogens is 1. The van der Waals surface area contributed by atoms with Crippen LogP contribution in [0.3, 0.4) is 0 Å². The van der Waals surface area contributed by atoms with Crippen molar-refractivity contribution in [1.82, 2.24) is 0 Å². The molecule has 3 aromatic rings. The minimum absolute atomic E-state index is 0.215. The lowest BCUT2D eigenvalue weighted by molar-refractivity contribution is 0.102. The van der Waals surface area contributed by atoms with Crippen LogP contribution in [0.1, 0.15) is 10.4 Å². The molecule has 104 valence electrons. The van der Waals surface area contributed by atoms with E-state index in [1.807, 2.05) is 42.5 Å². The highest BCUT2D eigenvalue weighted by atomic mass is 35.5. The molecule has 0 radical (unpaired) electrons. The standard InChI is InChI=1S/C17H13ClN2O/c18-14-10-12(8-9-15(14)19)17(21)20-16-7-3-5-11-4-1-2-6-13(11)16/h1-10H,19H2,(H,20,21). The number of hydrogen-bond donors (Lipinski definition) is 2. The molecule has 3 nitrogen and oxygen atoms in total. The van der Waals surface area contributed by atoms with E-state index in [1.54, 1.807) is 18.2 Å². The van der Waals surface area contributed by atoms with Gasteiger partial charge in [-0.15, -0.1) is 0 Å². The van der Waals surface area contributed by atoms with Crippen molar-refractivity contribution in [3.05, 3.63) is 71.2 Å². The molecule has 0 heterocycles. The van der Waals surface area contributed by atoms with E-state index in [9.17, 15) is 4.79 Å². The van der Waals surface area contributed by atoms with Gasteiger partial charge in [-0.05, 0) is 29.7 Å². The zero-order valence-electron chi connectivity index (χ0n) is 11.1. The first-order valence-electron chi connectivity index (χ1n) is 6.49. The molecule has 21 heavy (non-hydrogen) atoms. The lowest BCUT2D eigenvalue weighted by atomic mass is 10.1. The highest BCUT2D eigenvalue weighted by molar-refractivity contribution is 6.33. The molecule has 0 atom stereocenters. The Morgan fingerprint density at radius 2 is 1.76 bits per heavy atom. The van der Waals surface area contributed by atoms with Crippen molar-refractivity contribution in [2.75, 3.05) is 11.1 Å². The molecule has 0 aliphatic carbocycles. The topological polar surface area (TPSA) is 55.1 Å². The van der Waals surface area contributed by atoms with Crippen LogP contribution < -0.4 is 11.1 Å². The van der Waals surface area contributed by atoms with Crippen molar-refractivity contribution in [2.24, 2.45) is 0 Å². The van der Waals surface area contributed by atoms with E-state index in [2.05, 4.69) is 5.32 Å². The monoisotopic (exact) mass is 296 g/mol. The fourth-order valence-electron chi connectivity index (χ4n) is 2.20. The molecular weight excluding hydrogens is 284 g/mol. The molecule has 4 heteroatoms. The summed E-state index contributed by atoms with van der Waals surface area (Å²) in [4.78, 5) is 12.3. The maximum absolute atomic E-state index is 12.3. The molecule has 0 fully saturated rings. The quantitative estimate of drug-likeness (QED) is 0.692. The van der Waals surface area contributed by atoms with E-state index in [1.165, 1.54) is 0 Å². The van der Waals surface area contributed by atoms with Gasteiger partial charge in [0.1, 0.15) is 0 Å². The van der Waals surface area contributed by atoms with Crippen LogP contribution in [0.2, 0.25) is 5.02 Å². The Morgan fingerprint density at radius 1 is 1.00 bits per heavy atom. The molecule has 1 amide bonds. The van der Waals surface area contributed by atoms with E-state index in [4.69, 9.17) is 17.3 Å². The second-order valence-corrected chi connectivity index (χ2v) is 5.12. The largest absolute Gasteiger partial charge is 0.398 e. The highest BCUT2D eigenvalue weighted by Gasteiger charge is 2.09. The van der Waals surface area contributed by atoms with Crippen LogP contribution in [0.15, 0.2) is 60.7 Å². The summed E-state index contributed by atoms with van der Waals surface area (Å²) in [7, 11) is 0. The molecule has 0 aliphatic rings. The number of carbonyl (C=O) groups is 1. The van der Waals surface area contributed by atoms with Gasteiger partial charge in [-0.3, -0.25) is 4.79 Å². The van der Waals surface area contributed by atoms with Crippen LogP contribution >= 0.6 is 11.6 Å². The summed E-state index contributed by atoms with van der Waals surface area (Å²) in [5.41, 5.74) is 7.35. The molecule has 0 spiro atoms. The molecule has 3 aromatic carbocycles. The average Bonchev–Trinajstić information content (AvgIpc) is 2.50. The van der Waals surface area contributed by atoms with Gasteiger partial charge in [0.2, 0.25) is 0 Å². The highest BCUT2D eigenvalue weighted by Crippen LogP contribution is 2.24. The first kappa shape index (κ1) is 13.5. The number of nitrogens with one attached hydrogen (secondary N) is 1. The molecule has 0 unspecified atom stereocenters. The number of benzene rings is 3. The van der Waals surface area contributed by atoms with Crippen molar-refractivity contribution in [1.29, 1.82) is 0 Å². The number of nitrogens with two attached hydrogens (primary N) is 1. The number of amides is 1. The molecular formula is C17H13ClN2O. The Bertz CT molecular complexity index is 825. The van der Waals surface area contributed by atoms with Crippen LogP contribution in [-0.2, 0) is 0 Å². The van der Waals surface area contributed by atoms with Gasteiger partial charge in [0.05, 0.1) is 10.7 Å². The number of hydrogen-bond acceptors (Lipinski definition) is 2. The first-order chi connectivity index (χ1) is 10.1. The Balaban J connectivity index is 1.94. The first-order valence-corrected chi connectivity index (χ1v) is 6.87. The van der Waals surface area contributed by atoms with Gasteiger partial charge < -0.3 is 11.1 Å². The predicted molar refractivity (Wildman–Crippen MR) is 87.8 cm³/mol. The zero-order chi connectivity index (χ0) is 14.8. The third-order valence-corrected chi connectivity index (χ3v) is 3.63. The number of rotatable bonds is 2. The van der Waals surface area contributed by atoms with Crippen molar-refractivity contribution in [2.45, 2.75) is 0 Å². The van der Waals surface area contributed by atoms with Gasteiger partial charge in [0.25, 0.3) is 5.91 Å². The molecule has 0 bridgehead atoms. The van der Waals surface area contributed by atoms with Gasteiger partial charge in [0.15, 0.2) is 0 Å². The van der Waals surface area contributed by atoms with Crippen molar-refractivity contribution in [3.63, 3.8) is 0 Å². The molecule has 3 rings (SSSR count). The van der Waals surface area contributed by atoms with Gasteiger partial charge in [0, 0.05) is 16.6 Å². The summed E-state index contributed by atoms with van der Waals surface area (Å²) in [6.45, 7) is 0. The second-order valence-electron chi connectivity index (χ2n) is 4.72. The van der Waals surface area contributed by atoms with E-state index < -0.39 is 0 Å². The normalized spacial score (nSPS) is 10.5. The fraction of sp³-hybridized carbons (Fsp3) is 0. The van der Waals surface area contributed by atoms with Crippen molar-refractivity contribution < 1.29 is 4.79 Å². The number of nitrogen functional groups attached to an aromatic ring is 1. The minimum atomic E-state index is -0.215. The Kier molecular flexibility index (Phi) is 3.50. The lowest BCUT2D eigenvalue weighted by Gasteiger charge is -2.09. The number of anilines is 2. The van der Waals surface area contributed by atoms with Crippen molar-refractivity contribution in [3.8, 4) is 0 Å². The smallest absolute Gasteiger partial charge is 0.255 e. The Labute approximate surface area is 127 Å². The van der Waals surface area contributed by atoms with E-state index in [0.29, 0.717) is 16.3 Å². The maximum atomic E-state index is 12.3. The second kappa shape index (κ2) is 5.46. The van der Waals surface area contributed by atoms with Crippen LogP contribution in [0.4, 0.5) is 11.4 Å². The van der Waals surface area contributed by atoms with Gasteiger partial charge in [-0.1, -0.05) is 48.0 Å². The van der Waals surface area contributed by atoms with Gasteiger partial charge in [-0.2, -0.15) is 0 Å². The maximum Gasteiger partial charge on any atom is 0.255 e. The summed E-state index contributed by atoms with van der Waals surface area (Å²) in [6, 6.07) is 18.5. The van der Waals surface area contributed by atoms with E-state index in [0.717, 1.165) is 16.5 Å². The Hall–Kier alpha value is -2.52. The summed E-state index contributed by atoms with van der Waals surface area (Å²) in [6.07, 6.45) is 0. The molecule has 3 N–H and O–H groups in total. The van der Waals surface area contributed by atoms with Crippen LogP contribution in [0.5, 0.6) is 0 Å². The van der Waals surface area contributed by atoms with E-state index in [-0.39, 0.29) is 5.91 Å². The minimum Gasteiger partial charge on any atom is -0.398 e. The van der Waals surface area contributed by atoms with Crippen LogP contribution in [-0.4, -0.2) is 5.91 Å². The van der Waals surface area contributed by atoms with Crippen LogP contribution in [0.25, 0.3) is 10.8 Å². The third-order valence-electron chi connectivity index (χ3n) is 3.30. The van der Waals surface area contributed by atoms with E-state index >= 15 is 0 Å². The number of carbonyl (C=O) groups excluding carboxylic acids is 1. The predicted octanol–water partition coefficient (Wildman–Crippen LogP) is 4.33. The van der Waals surface area contributed by atoms with Crippen molar-refractivity contribution >= 4 is 39.7 Å². The lowest BCUT2D eigenvalue weighted by Crippen LogP contribution is -2.12. The summed E-state index contributed by atoms with van der Waals surface area (Å²) >= 11 is 5.95. The summed E-state index contributed by atoms with van der Waals surface area (Å²) in [5, 5.41) is 5.35. The molecule has 0 saturated heterocycles. The fourth-order valence-corrected chi connectivity index (χ4v) is 2.38. The van der Waals surface area contributed by atoms with Gasteiger partial charge >= 0.3 is 0 Å². The molecule has 0 aromatic heterocycles. The third kappa shape index (κ3) is 2.69. The molecule has 0 saturated carbocycles. The average molecular weight is 297 g/mol. The molecule has 0 aliphatic heterocycles. The number of fused-ring (bicyclic) bond motifs is 1. The SMILES string of the molecule is Nc1ccc(C(=O)Nc2cccc3ccccc23)cc1Cl. The zero-order valence-corrected chi connectivity index (χ0v) is 11.9. The Morgan fingerprint density at radius 3 is 2.57 bits per heavy atom. The summed E-state index contributed by atoms with van der Waals surface area (Å²) < 4.78 is 0. The summed E-state index contributed by atoms with van der Waals surface area (Å²) in [5.74, 6) is -0.215. The van der Waals surface area contributed by atoms with Gasteiger partial charge in [-0.25, -0.2) is 0 Å². The van der Waals surface area contributed by atoms with Crippen LogP contribution in [0, 0.1) is 0 Å².